The van der Waals surface area contributed by atoms with Gasteiger partial charge in [-0.05, 0) is 20.3 Å². The molecule has 0 radical (unpaired) electrons. The van der Waals surface area contributed by atoms with Crippen LogP contribution in [-0.2, 0) is 9.59 Å². The Hall–Kier alpha value is -1.06. The Morgan fingerprint density at radius 3 is 2.33 bits per heavy atom. The maximum atomic E-state index is 11.3. The van der Waals surface area contributed by atoms with Gasteiger partial charge < -0.3 is 10.4 Å². The van der Waals surface area contributed by atoms with E-state index in [0.29, 0.717) is 6.42 Å². The molecular weight excluding hydrogens is 194 g/mol. The van der Waals surface area contributed by atoms with Crippen LogP contribution in [0.2, 0.25) is 0 Å². The minimum Gasteiger partial charge on any atom is -0.481 e. The highest BCUT2D eigenvalue weighted by molar-refractivity contribution is 5.78. The first-order valence-corrected chi connectivity index (χ1v) is 5.40. The van der Waals surface area contributed by atoms with Gasteiger partial charge in [0, 0.05) is 13.0 Å². The first-order valence-electron chi connectivity index (χ1n) is 5.40. The summed E-state index contributed by atoms with van der Waals surface area (Å²) < 4.78 is 0. The maximum Gasteiger partial charge on any atom is 0.310 e. The fraction of sp³-hybridized carbons (Fsp3) is 0.818. The lowest BCUT2D eigenvalue weighted by Gasteiger charge is -2.19. The second-order valence-corrected chi connectivity index (χ2v) is 4.42. The third kappa shape index (κ3) is 6.10. The predicted octanol–water partition coefficient (Wildman–Crippen LogP) is 1.79. The van der Waals surface area contributed by atoms with Crippen LogP contribution in [0.5, 0.6) is 0 Å². The molecule has 0 heterocycles. The predicted molar refractivity (Wildman–Crippen MR) is 58.6 cm³/mol. The molecule has 0 aromatic heterocycles. The quantitative estimate of drug-likeness (QED) is 0.636. The van der Waals surface area contributed by atoms with Gasteiger partial charge in [-0.2, -0.15) is 0 Å². The van der Waals surface area contributed by atoms with Crippen LogP contribution in [0, 0.1) is 5.41 Å². The van der Waals surface area contributed by atoms with Gasteiger partial charge in [-0.1, -0.05) is 19.8 Å². The van der Waals surface area contributed by atoms with Crippen LogP contribution in [-0.4, -0.2) is 23.5 Å². The number of unbranched alkanes of at least 4 members (excludes halogenated alkanes) is 2. The number of hydrogen-bond acceptors (Lipinski definition) is 2. The molecule has 0 unspecified atom stereocenters. The summed E-state index contributed by atoms with van der Waals surface area (Å²) in [5.41, 5.74) is -0.888. The van der Waals surface area contributed by atoms with E-state index >= 15 is 0 Å². The number of amides is 1. The van der Waals surface area contributed by atoms with Crippen LogP contribution in [0.3, 0.4) is 0 Å². The Morgan fingerprint density at radius 1 is 1.27 bits per heavy atom. The lowest BCUT2D eigenvalue weighted by Crippen LogP contribution is -2.38. The Morgan fingerprint density at radius 2 is 1.87 bits per heavy atom. The third-order valence-corrected chi connectivity index (χ3v) is 2.31. The summed E-state index contributed by atoms with van der Waals surface area (Å²) in [6.07, 6.45) is 3.48. The summed E-state index contributed by atoms with van der Waals surface area (Å²) >= 11 is 0. The van der Waals surface area contributed by atoms with Gasteiger partial charge in [0.15, 0.2) is 0 Å². The van der Waals surface area contributed by atoms with Crippen LogP contribution >= 0.6 is 0 Å². The molecule has 0 saturated carbocycles. The smallest absolute Gasteiger partial charge is 0.310 e. The number of carboxylic acid groups (broad SMARTS) is 1. The van der Waals surface area contributed by atoms with E-state index in [4.69, 9.17) is 5.11 Å². The van der Waals surface area contributed by atoms with Crippen molar-refractivity contribution in [2.45, 2.75) is 46.5 Å². The Bertz CT molecular complexity index is 224. The topological polar surface area (TPSA) is 66.4 Å². The highest BCUT2D eigenvalue weighted by Crippen LogP contribution is 2.13. The standard InChI is InChI=1S/C11H21NO3/c1-4-5-6-7-9(13)12-8-11(2,3)10(14)15/h4-8H2,1-3H3,(H,12,13)(H,14,15). The summed E-state index contributed by atoms with van der Waals surface area (Å²) in [5, 5.41) is 11.5. The van der Waals surface area contributed by atoms with Gasteiger partial charge >= 0.3 is 5.97 Å². The van der Waals surface area contributed by atoms with Crippen molar-refractivity contribution >= 4 is 11.9 Å². The molecule has 0 fully saturated rings. The van der Waals surface area contributed by atoms with Gasteiger partial charge in [-0.3, -0.25) is 9.59 Å². The van der Waals surface area contributed by atoms with Crippen molar-refractivity contribution < 1.29 is 14.7 Å². The molecule has 15 heavy (non-hydrogen) atoms. The van der Waals surface area contributed by atoms with Gasteiger partial charge in [0.1, 0.15) is 0 Å². The van der Waals surface area contributed by atoms with Crippen molar-refractivity contribution in [1.82, 2.24) is 5.32 Å². The second kappa shape index (κ2) is 6.43. The monoisotopic (exact) mass is 215 g/mol. The molecule has 2 N–H and O–H groups in total. The minimum absolute atomic E-state index is 0.0576. The number of carbonyl (C=O) groups excluding carboxylic acids is 1. The zero-order valence-corrected chi connectivity index (χ0v) is 9.80. The summed E-state index contributed by atoms with van der Waals surface area (Å²) in [7, 11) is 0. The largest absolute Gasteiger partial charge is 0.481 e. The van der Waals surface area contributed by atoms with Gasteiger partial charge in [-0.15, -0.1) is 0 Å². The molecule has 4 heteroatoms. The van der Waals surface area contributed by atoms with Gasteiger partial charge in [-0.25, -0.2) is 0 Å². The number of carboxylic acids is 1. The molecule has 0 atom stereocenters. The number of rotatable bonds is 7. The molecule has 0 spiro atoms. The van der Waals surface area contributed by atoms with Crippen molar-refractivity contribution in [3.63, 3.8) is 0 Å². The van der Waals surface area contributed by atoms with Crippen LogP contribution in [0.1, 0.15) is 46.5 Å². The number of carbonyl (C=O) groups is 2. The van der Waals surface area contributed by atoms with Crippen LogP contribution < -0.4 is 5.32 Å². The summed E-state index contributed by atoms with van der Waals surface area (Å²) in [6, 6.07) is 0. The fourth-order valence-electron chi connectivity index (χ4n) is 1.02. The van der Waals surface area contributed by atoms with Gasteiger partial charge in [0.05, 0.1) is 5.41 Å². The van der Waals surface area contributed by atoms with Crippen LogP contribution in [0.25, 0.3) is 0 Å². The molecule has 1 amide bonds. The molecule has 0 aliphatic heterocycles. The van der Waals surface area contributed by atoms with E-state index < -0.39 is 11.4 Å². The average molecular weight is 215 g/mol. The molecule has 0 bridgehead atoms. The van der Waals surface area contributed by atoms with E-state index in [9.17, 15) is 9.59 Å². The summed E-state index contributed by atoms with van der Waals surface area (Å²) in [5.74, 6) is -0.950. The zero-order chi connectivity index (χ0) is 11.9. The molecule has 0 aromatic rings. The Labute approximate surface area is 91.1 Å². The van der Waals surface area contributed by atoms with Crippen molar-refractivity contribution in [3.8, 4) is 0 Å². The molecule has 0 saturated heterocycles. The van der Waals surface area contributed by atoms with Crippen LogP contribution in [0.15, 0.2) is 0 Å². The molecular formula is C11H21NO3. The van der Waals surface area contributed by atoms with Gasteiger partial charge in [0.25, 0.3) is 0 Å². The van der Waals surface area contributed by atoms with E-state index in [0.717, 1.165) is 19.3 Å². The van der Waals surface area contributed by atoms with E-state index in [1.807, 2.05) is 0 Å². The second-order valence-electron chi connectivity index (χ2n) is 4.42. The average Bonchev–Trinajstić information content (AvgIpc) is 2.15. The normalized spacial score (nSPS) is 11.1. The Kier molecular flexibility index (Phi) is 5.97. The van der Waals surface area contributed by atoms with Crippen molar-refractivity contribution in [1.29, 1.82) is 0 Å². The highest BCUT2D eigenvalue weighted by atomic mass is 16.4. The molecule has 0 aromatic carbocycles. The fourth-order valence-corrected chi connectivity index (χ4v) is 1.02. The van der Waals surface area contributed by atoms with Crippen molar-refractivity contribution in [2.75, 3.05) is 6.54 Å². The van der Waals surface area contributed by atoms with E-state index in [2.05, 4.69) is 12.2 Å². The van der Waals surface area contributed by atoms with E-state index in [1.165, 1.54) is 0 Å². The van der Waals surface area contributed by atoms with Crippen molar-refractivity contribution in [2.24, 2.45) is 5.41 Å². The Balaban J connectivity index is 3.75. The van der Waals surface area contributed by atoms with Gasteiger partial charge in [0.2, 0.25) is 5.91 Å². The third-order valence-electron chi connectivity index (χ3n) is 2.31. The van der Waals surface area contributed by atoms with Crippen LogP contribution in [0.4, 0.5) is 0 Å². The number of hydrogen-bond donors (Lipinski definition) is 2. The van der Waals surface area contributed by atoms with Crippen molar-refractivity contribution in [3.05, 3.63) is 0 Å². The van der Waals surface area contributed by atoms with E-state index in [-0.39, 0.29) is 12.5 Å². The first-order chi connectivity index (χ1) is 6.90. The van der Waals surface area contributed by atoms with E-state index in [1.54, 1.807) is 13.8 Å². The SMILES string of the molecule is CCCCCC(=O)NCC(C)(C)C(=O)O. The minimum atomic E-state index is -0.892. The molecule has 4 nitrogen and oxygen atoms in total. The lowest BCUT2D eigenvalue weighted by atomic mass is 9.94. The maximum absolute atomic E-state index is 11.3. The number of nitrogens with one attached hydrogen (secondary N) is 1. The molecule has 88 valence electrons. The number of aliphatic carboxylic acids is 1. The summed E-state index contributed by atoms with van der Waals surface area (Å²) in [4.78, 5) is 22.0. The summed E-state index contributed by atoms with van der Waals surface area (Å²) in [6.45, 7) is 5.46. The first kappa shape index (κ1) is 13.9. The highest BCUT2D eigenvalue weighted by Gasteiger charge is 2.27. The zero-order valence-electron chi connectivity index (χ0n) is 9.80. The molecule has 0 aliphatic rings. The lowest BCUT2D eigenvalue weighted by molar-refractivity contribution is -0.146. The molecule has 0 aliphatic carbocycles. The molecule has 0 rings (SSSR count).